The molecule has 0 aliphatic heterocycles. The van der Waals surface area contributed by atoms with Gasteiger partial charge in [-0.05, 0) is 19.1 Å². The lowest BCUT2D eigenvalue weighted by atomic mass is 10.3. The summed E-state index contributed by atoms with van der Waals surface area (Å²) in [6.07, 6.45) is 2.10. The number of aryl methyl sites for hydroxylation is 1. The largest absolute Gasteiger partial charge is 0.477 e. The Morgan fingerprint density at radius 3 is 2.93 bits per heavy atom. The number of carbonyl (C=O) groups is 1. The van der Waals surface area contributed by atoms with Crippen LogP contribution >= 0.6 is 0 Å². The second-order valence-corrected chi connectivity index (χ2v) is 2.90. The molecule has 4 heteroatoms. The summed E-state index contributed by atoms with van der Waals surface area (Å²) >= 11 is 0. The first-order valence-electron chi connectivity index (χ1n) is 4.49. The lowest BCUT2D eigenvalue weighted by Gasteiger charge is -2.03. The standard InChI is InChI=1S/C11H11NO3/c1-2-3-4-7-12-8-5-6-9(10(12)13)11(14)15/h5-6,8H,4,7H2,1H3,(H,14,15). The van der Waals surface area contributed by atoms with E-state index in [-0.39, 0.29) is 5.56 Å². The number of pyridine rings is 1. The van der Waals surface area contributed by atoms with E-state index in [4.69, 9.17) is 5.11 Å². The van der Waals surface area contributed by atoms with Crippen molar-refractivity contribution in [3.8, 4) is 11.8 Å². The van der Waals surface area contributed by atoms with Crippen LogP contribution in [-0.2, 0) is 6.54 Å². The van der Waals surface area contributed by atoms with E-state index in [0.717, 1.165) is 0 Å². The highest BCUT2D eigenvalue weighted by Gasteiger charge is 2.08. The Balaban J connectivity index is 2.98. The molecule has 1 N–H and O–H groups in total. The highest BCUT2D eigenvalue weighted by molar-refractivity contribution is 5.86. The third kappa shape index (κ3) is 2.71. The monoisotopic (exact) mass is 205 g/mol. The molecule has 0 spiro atoms. The fourth-order valence-corrected chi connectivity index (χ4v) is 1.18. The maximum Gasteiger partial charge on any atom is 0.341 e. The zero-order valence-electron chi connectivity index (χ0n) is 8.36. The fourth-order valence-electron chi connectivity index (χ4n) is 1.18. The minimum atomic E-state index is -1.20. The molecule has 0 bridgehead atoms. The zero-order chi connectivity index (χ0) is 11.3. The normalized spacial score (nSPS) is 9.13. The van der Waals surface area contributed by atoms with Crippen molar-refractivity contribution in [2.24, 2.45) is 0 Å². The van der Waals surface area contributed by atoms with Gasteiger partial charge in [0.15, 0.2) is 0 Å². The van der Waals surface area contributed by atoms with Crippen molar-refractivity contribution in [3.63, 3.8) is 0 Å². The summed E-state index contributed by atoms with van der Waals surface area (Å²) in [5.74, 6) is 4.33. The third-order valence-corrected chi connectivity index (χ3v) is 1.91. The van der Waals surface area contributed by atoms with Gasteiger partial charge >= 0.3 is 5.97 Å². The zero-order valence-corrected chi connectivity index (χ0v) is 8.36. The molecule has 4 nitrogen and oxygen atoms in total. The predicted molar refractivity (Wildman–Crippen MR) is 55.7 cm³/mol. The summed E-state index contributed by atoms with van der Waals surface area (Å²) in [5.41, 5.74) is -0.690. The van der Waals surface area contributed by atoms with Gasteiger partial charge in [0.05, 0.1) is 0 Å². The van der Waals surface area contributed by atoms with Crippen molar-refractivity contribution >= 4 is 5.97 Å². The van der Waals surface area contributed by atoms with Gasteiger partial charge in [-0.15, -0.1) is 11.8 Å². The maximum atomic E-state index is 11.5. The van der Waals surface area contributed by atoms with Crippen molar-refractivity contribution in [3.05, 3.63) is 34.2 Å². The fraction of sp³-hybridized carbons (Fsp3) is 0.273. The van der Waals surface area contributed by atoms with Crippen LogP contribution < -0.4 is 5.56 Å². The number of rotatable bonds is 3. The lowest BCUT2D eigenvalue weighted by molar-refractivity contribution is 0.0694. The molecule has 1 rings (SSSR count). The SMILES string of the molecule is CC#CCCn1cccc(C(=O)O)c1=O. The summed E-state index contributed by atoms with van der Waals surface area (Å²) in [7, 11) is 0. The molecule has 0 fully saturated rings. The van der Waals surface area contributed by atoms with Crippen LogP contribution in [0.5, 0.6) is 0 Å². The second-order valence-electron chi connectivity index (χ2n) is 2.90. The Kier molecular flexibility index (Phi) is 3.69. The average Bonchev–Trinajstić information content (AvgIpc) is 2.20. The number of hydrogen-bond acceptors (Lipinski definition) is 2. The first kappa shape index (κ1) is 11.1. The van der Waals surface area contributed by atoms with Gasteiger partial charge in [-0.25, -0.2) is 4.79 Å². The topological polar surface area (TPSA) is 59.3 Å². The van der Waals surface area contributed by atoms with Crippen molar-refractivity contribution < 1.29 is 9.90 Å². The predicted octanol–water partition coefficient (Wildman–Crippen LogP) is 0.960. The minimum Gasteiger partial charge on any atom is -0.477 e. The minimum absolute atomic E-state index is 0.207. The molecule has 0 saturated heterocycles. The van der Waals surface area contributed by atoms with Crippen LogP contribution in [0.15, 0.2) is 23.1 Å². The maximum absolute atomic E-state index is 11.5. The first-order valence-corrected chi connectivity index (χ1v) is 4.49. The van der Waals surface area contributed by atoms with Crippen LogP contribution in [-0.4, -0.2) is 15.6 Å². The Hall–Kier alpha value is -2.02. The number of hydrogen-bond donors (Lipinski definition) is 1. The number of nitrogens with zero attached hydrogens (tertiary/aromatic N) is 1. The van der Waals surface area contributed by atoms with E-state index in [1.807, 2.05) is 0 Å². The molecule has 0 saturated carbocycles. The van der Waals surface area contributed by atoms with Crippen molar-refractivity contribution in [1.82, 2.24) is 4.57 Å². The van der Waals surface area contributed by atoms with E-state index >= 15 is 0 Å². The molecular formula is C11H11NO3. The highest BCUT2D eigenvalue weighted by Crippen LogP contribution is 1.93. The molecule has 1 aromatic heterocycles. The quantitative estimate of drug-likeness (QED) is 0.748. The number of aromatic carboxylic acids is 1. The molecular weight excluding hydrogens is 194 g/mol. The van der Waals surface area contributed by atoms with Gasteiger partial charge in [0.2, 0.25) is 0 Å². The highest BCUT2D eigenvalue weighted by atomic mass is 16.4. The van der Waals surface area contributed by atoms with Crippen molar-refractivity contribution in [1.29, 1.82) is 0 Å². The van der Waals surface area contributed by atoms with E-state index in [2.05, 4.69) is 11.8 Å². The van der Waals surface area contributed by atoms with Crippen LogP contribution in [0.2, 0.25) is 0 Å². The Morgan fingerprint density at radius 1 is 1.60 bits per heavy atom. The third-order valence-electron chi connectivity index (χ3n) is 1.91. The van der Waals surface area contributed by atoms with Crippen LogP contribution in [0.3, 0.4) is 0 Å². The van der Waals surface area contributed by atoms with E-state index in [9.17, 15) is 9.59 Å². The molecule has 1 heterocycles. The molecule has 0 aromatic carbocycles. The Morgan fingerprint density at radius 2 is 2.33 bits per heavy atom. The van der Waals surface area contributed by atoms with Gasteiger partial charge in [-0.1, -0.05) is 0 Å². The smallest absolute Gasteiger partial charge is 0.341 e. The second kappa shape index (κ2) is 5.01. The van der Waals surface area contributed by atoms with Gasteiger partial charge in [0.25, 0.3) is 5.56 Å². The van der Waals surface area contributed by atoms with Crippen LogP contribution in [0.25, 0.3) is 0 Å². The first-order chi connectivity index (χ1) is 7.16. The molecule has 1 aromatic rings. The molecule has 0 aliphatic rings. The van der Waals surface area contributed by atoms with Crippen LogP contribution in [0.1, 0.15) is 23.7 Å². The van der Waals surface area contributed by atoms with Crippen LogP contribution in [0, 0.1) is 11.8 Å². The number of carboxylic acid groups (broad SMARTS) is 1. The van der Waals surface area contributed by atoms with E-state index in [1.165, 1.54) is 10.6 Å². The summed E-state index contributed by atoms with van der Waals surface area (Å²) in [4.78, 5) is 22.2. The van der Waals surface area contributed by atoms with Crippen LogP contribution in [0.4, 0.5) is 0 Å². The van der Waals surface area contributed by atoms with E-state index in [1.54, 1.807) is 19.2 Å². The van der Waals surface area contributed by atoms with Crippen molar-refractivity contribution in [2.45, 2.75) is 19.9 Å². The number of carboxylic acids is 1. The van der Waals surface area contributed by atoms with Crippen molar-refractivity contribution in [2.75, 3.05) is 0 Å². The van der Waals surface area contributed by atoms with Gasteiger partial charge < -0.3 is 9.67 Å². The molecule has 15 heavy (non-hydrogen) atoms. The molecule has 0 radical (unpaired) electrons. The van der Waals surface area contributed by atoms with E-state index < -0.39 is 11.5 Å². The summed E-state index contributed by atoms with van der Waals surface area (Å²) in [5, 5.41) is 8.72. The summed E-state index contributed by atoms with van der Waals surface area (Å²) in [6.45, 7) is 2.14. The van der Waals surface area contributed by atoms with Gasteiger partial charge in [0.1, 0.15) is 5.56 Å². The summed E-state index contributed by atoms with van der Waals surface area (Å²) < 4.78 is 1.35. The van der Waals surface area contributed by atoms with Gasteiger partial charge in [-0.2, -0.15) is 0 Å². The van der Waals surface area contributed by atoms with E-state index in [0.29, 0.717) is 13.0 Å². The Labute approximate surface area is 87.2 Å². The Bertz CT molecular complexity index is 477. The summed E-state index contributed by atoms with van der Waals surface area (Å²) in [6, 6.07) is 2.84. The van der Waals surface area contributed by atoms with Gasteiger partial charge in [-0.3, -0.25) is 4.79 Å². The average molecular weight is 205 g/mol. The molecule has 0 unspecified atom stereocenters. The lowest BCUT2D eigenvalue weighted by Crippen LogP contribution is -2.25. The molecule has 0 amide bonds. The molecule has 0 atom stereocenters. The van der Waals surface area contributed by atoms with Gasteiger partial charge in [0, 0.05) is 19.2 Å². The molecule has 0 aliphatic carbocycles. The number of aromatic nitrogens is 1. The molecule has 78 valence electrons.